The van der Waals surface area contributed by atoms with Gasteiger partial charge in [0.25, 0.3) is 16.4 Å². The van der Waals surface area contributed by atoms with E-state index in [1.165, 1.54) is 23.8 Å². The summed E-state index contributed by atoms with van der Waals surface area (Å²) in [6.45, 7) is 5.21. The number of aromatic nitrogens is 5. The van der Waals surface area contributed by atoms with Gasteiger partial charge in [-0.3, -0.25) is 9.29 Å². The molecule has 0 radical (unpaired) electrons. The summed E-state index contributed by atoms with van der Waals surface area (Å²) in [5.74, 6) is 0.250. The Kier molecular flexibility index (Phi) is 6.91. The van der Waals surface area contributed by atoms with E-state index in [4.69, 9.17) is 9.47 Å². The smallest absolute Gasteiger partial charge is 0.296 e. The van der Waals surface area contributed by atoms with Crippen molar-refractivity contribution in [3.63, 3.8) is 0 Å². The third kappa shape index (κ3) is 4.99. The first-order valence-electron chi connectivity index (χ1n) is 11.5. The largest absolute Gasteiger partial charge is 0.494 e. The number of alkyl halides is 2. The summed E-state index contributed by atoms with van der Waals surface area (Å²) in [4.78, 5) is 19.7. The number of sulfonamides is 1. The number of rotatable bonds is 8. The Bertz CT molecular complexity index is 1590. The van der Waals surface area contributed by atoms with E-state index in [1.807, 2.05) is 4.90 Å². The topological polar surface area (TPSA) is 124 Å². The first-order chi connectivity index (χ1) is 18.3. The van der Waals surface area contributed by atoms with E-state index in [0.29, 0.717) is 48.8 Å². The van der Waals surface area contributed by atoms with Gasteiger partial charge in [0.1, 0.15) is 11.3 Å². The molecule has 1 aliphatic rings. The van der Waals surface area contributed by atoms with Gasteiger partial charge in [-0.2, -0.15) is 15.0 Å². The number of hydrogen-bond donors (Lipinski definition) is 1. The minimum atomic E-state index is -3.68. The summed E-state index contributed by atoms with van der Waals surface area (Å²) in [7, 11) is -2.25. The molecule has 1 fully saturated rings. The van der Waals surface area contributed by atoms with Crippen LogP contribution in [0.4, 0.5) is 20.4 Å². The van der Waals surface area contributed by atoms with E-state index in [-0.39, 0.29) is 23.2 Å². The molecule has 2 aromatic heterocycles. The number of imidazole rings is 1. The van der Waals surface area contributed by atoms with Gasteiger partial charge < -0.3 is 14.4 Å². The third-order valence-corrected chi connectivity index (χ3v) is 6.78. The Balaban J connectivity index is 1.67. The number of ether oxygens (including phenoxy) is 2. The molecule has 1 saturated heterocycles. The highest BCUT2D eigenvalue weighted by atomic mass is 32.2. The monoisotopic (exact) mass is 543 g/mol. The molecule has 1 N–H and O–H groups in total. The molecular formula is C24H23F2N7O4S. The van der Waals surface area contributed by atoms with Gasteiger partial charge >= 0.3 is 0 Å². The molecule has 198 valence electrons. The van der Waals surface area contributed by atoms with Crippen LogP contribution in [0, 0.1) is 0 Å². The van der Waals surface area contributed by atoms with Crippen LogP contribution in [0.25, 0.3) is 28.4 Å². The van der Waals surface area contributed by atoms with Crippen LogP contribution in [0.3, 0.4) is 0 Å². The molecule has 1 aliphatic heterocycles. The lowest BCUT2D eigenvalue weighted by atomic mass is 10.2. The normalized spacial score (nSPS) is 14.2. The number of para-hydroxylation sites is 1. The van der Waals surface area contributed by atoms with E-state index >= 15 is 0 Å². The highest BCUT2D eigenvalue weighted by Gasteiger charge is 2.26. The van der Waals surface area contributed by atoms with Crippen LogP contribution in [-0.4, -0.2) is 66.3 Å². The van der Waals surface area contributed by atoms with Crippen molar-refractivity contribution in [1.29, 1.82) is 0 Å². The van der Waals surface area contributed by atoms with Crippen molar-refractivity contribution in [3.05, 3.63) is 60.3 Å². The Labute approximate surface area is 216 Å². The number of nitrogens with zero attached hydrogens (tertiary/aromatic N) is 6. The summed E-state index contributed by atoms with van der Waals surface area (Å²) in [6.07, 6.45) is -2.92. The summed E-state index contributed by atoms with van der Waals surface area (Å²) in [6, 6.07) is 11.2. The Morgan fingerprint density at radius 2 is 1.76 bits per heavy atom. The van der Waals surface area contributed by atoms with Crippen LogP contribution in [-0.2, 0) is 14.8 Å². The van der Waals surface area contributed by atoms with Crippen molar-refractivity contribution in [1.82, 2.24) is 24.5 Å². The zero-order chi connectivity index (χ0) is 26.9. The molecule has 0 spiro atoms. The first kappa shape index (κ1) is 25.5. The molecule has 3 heterocycles. The van der Waals surface area contributed by atoms with E-state index in [9.17, 15) is 17.2 Å². The highest BCUT2D eigenvalue weighted by molar-refractivity contribution is 7.95. The Morgan fingerprint density at radius 1 is 1.05 bits per heavy atom. The molecule has 2 aromatic carbocycles. The number of nitrogens with one attached hydrogen (secondary N) is 1. The van der Waals surface area contributed by atoms with Crippen molar-refractivity contribution in [2.45, 2.75) is 6.43 Å². The molecular weight excluding hydrogens is 520 g/mol. The number of morpholine rings is 1. The molecule has 0 unspecified atom stereocenters. The van der Waals surface area contributed by atoms with Crippen LogP contribution in [0.1, 0.15) is 12.2 Å². The second-order valence-corrected chi connectivity index (χ2v) is 9.81. The molecule has 11 nitrogen and oxygen atoms in total. The summed E-state index contributed by atoms with van der Waals surface area (Å²) in [5, 5.41) is 0.804. The molecule has 38 heavy (non-hydrogen) atoms. The van der Waals surface area contributed by atoms with Crippen molar-refractivity contribution >= 4 is 32.7 Å². The first-order valence-corrected chi connectivity index (χ1v) is 13.0. The predicted molar refractivity (Wildman–Crippen MR) is 137 cm³/mol. The van der Waals surface area contributed by atoms with Crippen LogP contribution in [0.2, 0.25) is 0 Å². The van der Waals surface area contributed by atoms with Gasteiger partial charge in [0.05, 0.1) is 25.8 Å². The summed E-state index contributed by atoms with van der Waals surface area (Å²) >= 11 is 0. The van der Waals surface area contributed by atoms with E-state index in [2.05, 4.69) is 31.2 Å². The lowest BCUT2D eigenvalue weighted by Gasteiger charge is -2.27. The minimum absolute atomic E-state index is 0.0426. The number of anilines is 2. The summed E-state index contributed by atoms with van der Waals surface area (Å²) < 4.78 is 66.3. The second kappa shape index (κ2) is 10.3. The lowest BCUT2D eigenvalue weighted by molar-refractivity contribution is 0.122. The zero-order valence-electron chi connectivity index (χ0n) is 20.2. The number of hydrogen-bond acceptors (Lipinski definition) is 9. The molecule has 5 rings (SSSR count). The van der Waals surface area contributed by atoms with Crippen molar-refractivity contribution < 1.29 is 26.7 Å². The van der Waals surface area contributed by atoms with Crippen LogP contribution in [0.15, 0.2) is 54.5 Å². The molecule has 0 amide bonds. The fourth-order valence-corrected chi connectivity index (χ4v) is 4.54. The molecule has 0 aliphatic carbocycles. The van der Waals surface area contributed by atoms with Gasteiger partial charge in [-0.05, 0) is 36.4 Å². The van der Waals surface area contributed by atoms with Gasteiger partial charge in [0.2, 0.25) is 11.9 Å². The maximum atomic E-state index is 14.2. The predicted octanol–water partition coefficient (Wildman–Crippen LogP) is 3.55. The third-order valence-electron chi connectivity index (χ3n) is 5.82. The minimum Gasteiger partial charge on any atom is -0.494 e. The van der Waals surface area contributed by atoms with E-state index < -0.39 is 22.3 Å². The van der Waals surface area contributed by atoms with Gasteiger partial charge in [-0.1, -0.05) is 12.6 Å². The average Bonchev–Trinajstić information content (AvgIpc) is 3.34. The maximum absolute atomic E-state index is 14.2. The van der Waals surface area contributed by atoms with Crippen LogP contribution < -0.4 is 14.4 Å². The second-order valence-electron chi connectivity index (χ2n) is 8.18. The van der Waals surface area contributed by atoms with Crippen molar-refractivity contribution in [3.8, 4) is 23.1 Å². The quantitative estimate of drug-likeness (QED) is 0.355. The van der Waals surface area contributed by atoms with Gasteiger partial charge in [-0.15, -0.1) is 0 Å². The number of fused-ring (bicyclic) bond motifs is 1. The van der Waals surface area contributed by atoms with E-state index in [0.717, 1.165) is 5.41 Å². The van der Waals surface area contributed by atoms with Crippen LogP contribution in [0.5, 0.6) is 5.75 Å². The number of benzene rings is 2. The Hall–Kier alpha value is -4.17. The lowest BCUT2D eigenvalue weighted by Crippen LogP contribution is -2.37. The standard InChI is InChI=1S/C24H23F2N7O4S/c1-3-38(34,35)31-16-9-7-15(8-10-16)21-28-23(32-11-13-37-14-12-32)30-24(29-21)33-17-5-4-6-18(36-2)19(17)27-22(33)20(25)26/h3-10,20,31H,1,11-14H2,2H3. The SMILES string of the molecule is C=CS(=O)(=O)Nc1ccc(-c2nc(N3CCOCC3)nc(-n3c(C(F)F)nc4c(OC)cccc43)n2)cc1. The average molecular weight is 544 g/mol. The molecule has 4 aromatic rings. The van der Waals surface area contributed by atoms with Gasteiger partial charge in [-0.25, -0.2) is 22.2 Å². The van der Waals surface area contributed by atoms with Crippen LogP contribution >= 0.6 is 0 Å². The van der Waals surface area contributed by atoms with E-state index in [1.54, 1.807) is 30.3 Å². The van der Waals surface area contributed by atoms with Crippen molar-refractivity contribution in [2.75, 3.05) is 43.0 Å². The highest BCUT2D eigenvalue weighted by Crippen LogP contribution is 2.32. The number of methoxy groups -OCH3 is 1. The van der Waals surface area contributed by atoms with Gasteiger partial charge in [0, 0.05) is 29.7 Å². The Morgan fingerprint density at radius 3 is 2.42 bits per heavy atom. The maximum Gasteiger partial charge on any atom is 0.296 e. The molecule has 14 heteroatoms. The van der Waals surface area contributed by atoms with Crippen molar-refractivity contribution in [2.24, 2.45) is 0 Å². The molecule has 0 saturated carbocycles. The fourth-order valence-electron chi connectivity index (χ4n) is 3.99. The molecule has 0 atom stereocenters. The van der Waals surface area contributed by atoms with Gasteiger partial charge in [0.15, 0.2) is 11.6 Å². The zero-order valence-corrected chi connectivity index (χ0v) is 21.0. The summed E-state index contributed by atoms with van der Waals surface area (Å²) in [5.41, 5.74) is 1.42. The molecule has 0 bridgehead atoms. The number of halogens is 2. The fraction of sp³-hybridized carbons (Fsp3) is 0.250.